The van der Waals surface area contributed by atoms with Crippen molar-refractivity contribution in [3.8, 4) is 0 Å². The van der Waals surface area contributed by atoms with Gasteiger partial charge in [0.15, 0.2) is 0 Å². The maximum absolute atomic E-state index is 12.5. The Balaban J connectivity index is 1.88. The number of ether oxygens (including phenoxy) is 2. The van der Waals surface area contributed by atoms with Crippen molar-refractivity contribution in [2.45, 2.75) is 88.3 Å². The van der Waals surface area contributed by atoms with Gasteiger partial charge in [-0.05, 0) is 65.2 Å². The molecule has 0 aromatic heterocycles. The summed E-state index contributed by atoms with van der Waals surface area (Å²) in [6, 6.07) is 0. The molecule has 0 aromatic carbocycles. The van der Waals surface area contributed by atoms with Gasteiger partial charge in [-0.2, -0.15) is 0 Å². The van der Waals surface area contributed by atoms with E-state index in [4.69, 9.17) is 9.47 Å². The first kappa shape index (κ1) is 18.6. The Hall–Kier alpha value is -1.17. The minimum absolute atomic E-state index is 0.0170. The van der Waals surface area contributed by atoms with Crippen LogP contribution in [0.5, 0.6) is 0 Å². The molecule has 25 heavy (non-hydrogen) atoms. The SMILES string of the molecule is C=C1C(=O)O[C@]2(C)CC[C@@H]1C[C@@H]1O[C@@]1(C)C/C=C/[C@](C)(O)CC[C@@H]2O. The number of rotatable bonds is 0. The van der Waals surface area contributed by atoms with Crippen LogP contribution in [-0.4, -0.2) is 45.2 Å². The minimum atomic E-state index is -1.01. The van der Waals surface area contributed by atoms with Crippen LogP contribution in [-0.2, 0) is 14.3 Å². The highest BCUT2D eigenvalue weighted by molar-refractivity contribution is 5.89. The van der Waals surface area contributed by atoms with Crippen LogP contribution in [0.25, 0.3) is 0 Å². The lowest BCUT2D eigenvalue weighted by atomic mass is 9.82. The van der Waals surface area contributed by atoms with Crippen molar-refractivity contribution in [3.63, 3.8) is 0 Å². The lowest BCUT2D eigenvalue weighted by Gasteiger charge is -2.34. The zero-order valence-electron chi connectivity index (χ0n) is 15.5. The Morgan fingerprint density at radius 2 is 1.92 bits per heavy atom. The Bertz CT molecular complexity index is 595. The van der Waals surface area contributed by atoms with E-state index in [2.05, 4.69) is 13.5 Å². The Kier molecular flexibility index (Phi) is 4.63. The zero-order valence-corrected chi connectivity index (χ0v) is 15.5. The summed E-state index contributed by atoms with van der Waals surface area (Å²) in [5.41, 5.74) is -1.72. The van der Waals surface area contributed by atoms with Gasteiger partial charge in [0.1, 0.15) is 5.60 Å². The molecule has 2 bridgehead atoms. The van der Waals surface area contributed by atoms with Gasteiger partial charge in [-0.1, -0.05) is 18.7 Å². The Labute approximate surface area is 149 Å². The van der Waals surface area contributed by atoms with Crippen LogP contribution in [0.15, 0.2) is 24.3 Å². The van der Waals surface area contributed by atoms with Gasteiger partial charge in [-0.3, -0.25) is 0 Å². The van der Waals surface area contributed by atoms with Crippen LogP contribution in [0.4, 0.5) is 0 Å². The van der Waals surface area contributed by atoms with Crippen LogP contribution in [0.2, 0.25) is 0 Å². The molecule has 1 aliphatic carbocycles. The molecule has 5 nitrogen and oxygen atoms in total. The summed E-state index contributed by atoms with van der Waals surface area (Å²) in [5, 5.41) is 21.2. The molecule has 6 atom stereocenters. The normalized spacial score (nSPS) is 49.6. The molecule has 5 heteroatoms. The molecule has 2 heterocycles. The second-order valence-corrected chi connectivity index (χ2v) is 8.64. The van der Waals surface area contributed by atoms with Gasteiger partial charge < -0.3 is 19.7 Å². The van der Waals surface area contributed by atoms with E-state index in [1.807, 2.05) is 6.08 Å². The number of hydrogen-bond donors (Lipinski definition) is 2. The van der Waals surface area contributed by atoms with Crippen molar-refractivity contribution in [2.75, 3.05) is 0 Å². The molecule has 0 aromatic rings. The van der Waals surface area contributed by atoms with E-state index in [1.54, 1.807) is 19.9 Å². The van der Waals surface area contributed by atoms with E-state index in [0.29, 0.717) is 24.8 Å². The summed E-state index contributed by atoms with van der Waals surface area (Å²) in [6.07, 6.45) is 6.51. The van der Waals surface area contributed by atoms with Gasteiger partial charge in [0, 0.05) is 5.57 Å². The van der Waals surface area contributed by atoms with E-state index in [0.717, 1.165) is 19.3 Å². The van der Waals surface area contributed by atoms with Gasteiger partial charge in [-0.15, -0.1) is 0 Å². The number of aliphatic hydroxyl groups is 2. The zero-order chi connectivity index (χ0) is 18.5. The lowest BCUT2D eigenvalue weighted by Crippen LogP contribution is -2.43. The first-order valence-electron chi connectivity index (χ1n) is 9.23. The molecular weight excluding hydrogens is 320 g/mol. The molecular formula is C20H30O5. The second-order valence-electron chi connectivity index (χ2n) is 8.64. The number of epoxide rings is 1. The van der Waals surface area contributed by atoms with Crippen molar-refractivity contribution in [3.05, 3.63) is 24.3 Å². The number of aliphatic hydroxyl groups excluding tert-OH is 1. The highest BCUT2D eigenvalue weighted by atomic mass is 16.6. The Morgan fingerprint density at radius 1 is 1.20 bits per heavy atom. The Morgan fingerprint density at radius 3 is 2.64 bits per heavy atom. The molecule has 0 radical (unpaired) electrons. The van der Waals surface area contributed by atoms with E-state index >= 15 is 0 Å². The lowest BCUT2D eigenvalue weighted by molar-refractivity contribution is -0.166. The van der Waals surface area contributed by atoms with Crippen molar-refractivity contribution in [2.24, 2.45) is 5.92 Å². The number of carbonyl (C=O) groups is 1. The molecule has 3 aliphatic rings. The van der Waals surface area contributed by atoms with E-state index < -0.39 is 23.3 Å². The van der Waals surface area contributed by atoms with Crippen molar-refractivity contribution < 1.29 is 24.5 Å². The van der Waals surface area contributed by atoms with Crippen LogP contribution < -0.4 is 0 Å². The average molecular weight is 350 g/mol. The van der Waals surface area contributed by atoms with Gasteiger partial charge in [0.2, 0.25) is 0 Å². The fraction of sp³-hybridized carbons (Fsp3) is 0.750. The van der Waals surface area contributed by atoms with Gasteiger partial charge in [0.05, 0.1) is 23.4 Å². The summed E-state index contributed by atoms with van der Waals surface area (Å²) in [6.45, 7) is 9.52. The van der Waals surface area contributed by atoms with E-state index in [1.165, 1.54) is 0 Å². The molecule has 0 saturated carbocycles. The third kappa shape index (κ3) is 3.83. The quantitative estimate of drug-likeness (QED) is 0.304. The highest BCUT2D eigenvalue weighted by Crippen LogP contribution is 2.46. The van der Waals surface area contributed by atoms with Crippen molar-refractivity contribution in [1.29, 1.82) is 0 Å². The molecule has 2 N–H and O–H groups in total. The maximum atomic E-state index is 12.5. The van der Waals surface area contributed by atoms with Crippen molar-refractivity contribution >= 4 is 5.97 Å². The molecule has 0 spiro atoms. The van der Waals surface area contributed by atoms with E-state index in [-0.39, 0.29) is 17.6 Å². The first-order valence-corrected chi connectivity index (χ1v) is 9.23. The predicted molar refractivity (Wildman–Crippen MR) is 93.9 cm³/mol. The van der Waals surface area contributed by atoms with Crippen LogP contribution in [0.1, 0.15) is 59.3 Å². The summed E-state index contributed by atoms with van der Waals surface area (Å²) < 4.78 is 11.5. The van der Waals surface area contributed by atoms with Gasteiger partial charge >= 0.3 is 5.97 Å². The number of carbonyl (C=O) groups excluding carboxylic acids is 1. The fourth-order valence-electron chi connectivity index (χ4n) is 4.02. The highest BCUT2D eigenvalue weighted by Gasteiger charge is 2.53. The standard InChI is InChI=1S/C20H30O5/c1-13-14-6-11-19(3,25-17(13)22)15(21)7-10-18(2,23)8-5-9-20(4)16(12-14)24-20/h5,8,14-16,21,23H,1,6-7,9-12H2,2-4H3/b8-5+/t14-,15+,16+,18+,19-,20+/m1/s1. The number of esters is 1. The minimum Gasteiger partial charge on any atom is -0.453 e. The number of hydrogen-bond acceptors (Lipinski definition) is 5. The van der Waals surface area contributed by atoms with Crippen LogP contribution in [0, 0.1) is 5.92 Å². The monoisotopic (exact) mass is 350 g/mol. The number of fused-ring (bicyclic) bond motifs is 4. The first-order chi connectivity index (χ1) is 11.5. The van der Waals surface area contributed by atoms with Crippen LogP contribution >= 0.6 is 0 Å². The fourth-order valence-corrected chi connectivity index (χ4v) is 4.02. The van der Waals surface area contributed by atoms with Gasteiger partial charge in [-0.25, -0.2) is 4.79 Å². The smallest absolute Gasteiger partial charge is 0.334 e. The molecule has 2 saturated heterocycles. The largest absolute Gasteiger partial charge is 0.453 e. The van der Waals surface area contributed by atoms with E-state index in [9.17, 15) is 15.0 Å². The van der Waals surface area contributed by atoms with Crippen LogP contribution in [0.3, 0.4) is 0 Å². The summed E-state index contributed by atoms with van der Waals surface area (Å²) in [4.78, 5) is 12.5. The predicted octanol–water partition coefficient (Wildman–Crippen LogP) is 2.65. The molecule has 3 rings (SSSR count). The maximum Gasteiger partial charge on any atom is 0.334 e. The third-order valence-corrected chi connectivity index (χ3v) is 6.23. The molecule has 2 aliphatic heterocycles. The molecule has 140 valence electrons. The second kappa shape index (κ2) is 6.22. The van der Waals surface area contributed by atoms with Crippen molar-refractivity contribution in [1.82, 2.24) is 0 Å². The molecule has 0 unspecified atom stereocenters. The molecule has 0 amide bonds. The van der Waals surface area contributed by atoms with Gasteiger partial charge in [0.25, 0.3) is 0 Å². The average Bonchev–Trinajstić information content (AvgIpc) is 3.18. The summed E-state index contributed by atoms with van der Waals surface area (Å²) in [7, 11) is 0. The summed E-state index contributed by atoms with van der Waals surface area (Å²) >= 11 is 0. The summed E-state index contributed by atoms with van der Waals surface area (Å²) in [5.74, 6) is -0.408. The topological polar surface area (TPSA) is 79.3 Å². The third-order valence-electron chi connectivity index (χ3n) is 6.23. The molecule has 2 fully saturated rings.